The number of fused-ring (bicyclic) bond motifs is 1. The number of hydrogen-bond donors (Lipinski definition) is 1. The first-order valence-corrected chi connectivity index (χ1v) is 7.85. The molecule has 0 bridgehead atoms. The molecule has 1 aliphatic carbocycles. The molecule has 116 valence electrons. The third-order valence-electron chi connectivity index (χ3n) is 4.97. The zero-order valence-corrected chi connectivity index (χ0v) is 12.6. The van der Waals surface area contributed by atoms with E-state index in [1.807, 2.05) is 30.3 Å². The molecule has 0 aromatic heterocycles. The summed E-state index contributed by atoms with van der Waals surface area (Å²) in [7, 11) is 0. The quantitative estimate of drug-likeness (QED) is 0.868. The van der Waals surface area contributed by atoms with Gasteiger partial charge in [-0.15, -0.1) is 0 Å². The molecule has 1 aliphatic heterocycles. The van der Waals surface area contributed by atoms with Gasteiger partial charge in [-0.1, -0.05) is 42.5 Å². The van der Waals surface area contributed by atoms with E-state index in [1.165, 1.54) is 4.90 Å². The van der Waals surface area contributed by atoms with Gasteiger partial charge in [0.25, 0.3) is 11.8 Å². The first kappa shape index (κ1) is 14.2. The number of amides is 2. The summed E-state index contributed by atoms with van der Waals surface area (Å²) in [5, 5.41) is 10.9. The third kappa shape index (κ3) is 2.10. The summed E-state index contributed by atoms with van der Waals surface area (Å²) in [5.74, 6) is -0.485. The number of imide groups is 1. The Labute approximate surface area is 134 Å². The highest BCUT2D eigenvalue weighted by Crippen LogP contribution is 2.42. The Bertz CT molecular complexity index is 751. The van der Waals surface area contributed by atoms with Crippen molar-refractivity contribution >= 4 is 11.8 Å². The standard InChI is InChI=1S/C19H17NO3/c21-17-15-8-4-5-9-16(15)18(22)20(17)14-10-11-19(23,12-14)13-6-2-1-3-7-13/h1-9,14,23H,10-12H2. The predicted octanol–water partition coefficient (Wildman–Crippen LogP) is 2.72. The van der Waals surface area contributed by atoms with Crippen LogP contribution in [-0.4, -0.2) is 27.9 Å². The summed E-state index contributed by atoms with van der Waals surface area (Å²) >= 11 is 0. The summed E-state index contributed by atoms with van der Waals surface area (Å²) in [6.07, 6.45) is 1.56. The van der Waals surface area contributed by atoms with Crippen LogP contribution in [0.5, 0.6) is 0 Å². The van der Waals surface area contributed by atoms with Crippen LogP contribution in [0.2, 0.25) is 0 Å². The minimum absolute atomic E-state index is 0.243. The van der Waals surface area contributed by atoms with E-state index in [0.717, 1.165) is 5.56 Å². The lowest BCUT2D eigenvalue weighted by atomic mass is 9.92. The van der Waals surface area contributed by atoms with Gasteiger partial charge in [-0.2, -0.15) is 0 Å². The summed E-state index contributed by atoms with van der Waals surface area (Å²) in [5.41, 5.74) is 0.806. The maximum absolute atomic E-state index is 12.6. The van der Waals surface area contributed by atoms with E-state index >= 15 is 0 Å². The smallest absolute Gasteiger partial charge is 0.261 e. The van der Waals surface area contributed by atoms with Gasteiger partial charge in [0.15, 0.2) is 0 Å². The normalized spacial score (nSPS) is 26.7. The minimum Gasteiger partial charge on any atom is -0.385 e. The zero-order chi connectivity index (χ0) is 16.0. The molecule has 4 rings (SSSR count). The fourth-order valence-corrected chi connectivity index (χ4v) is 3.77. The maximum Gasteiger partial charge on any atom is 0.261 e. The van der Waals surface area contributed by atoms with Crippen LogP contribution in [-0.2, 0) is 5.60 Å². The van der Waals surface area contributed by atoms with Gasteiger partial charge >= 0.3 is 0 Å². The highest BCUT2D eigenvalue weighted by Gasteiger charge is 2.47. The Morgan fingerprint density at radius 1 is 0.913 bits per heavy atom. The van der Waals surface area contributed by atoms with Gasteiger partial charge in [0.05, 0.1) is 16.7 Å². The lowest BCUT2D eigenvalue weighted by Crippen LogP contribution is -2.39. The van der Waals surface area contributed by atoms with Crippen molar-refractivity contribution in [1.29, 1.82) is 0 Å². The topological polar surface area (TPSA) is 57.6 Å². The Morgan fingerprint density at radius 3 is 2.09 bits per heavy atom. The Balaban J connectivity index is 1.62. The molecule has 2 amide bonds. The molecule has 2 aromatic carbocycles. The van der Waals surface area contributed by atoms with Crippen molar-refractivity contribution in [3.05, 3.63) is 71.3 Å². The van der Waals surface area contributed by atoms with E-state index in [-0.39, 0.29) is 17.9 Å². The van der Waals surface area contributed by atoms with E-state index in [0.29, 0.717) is 30.4 Å². The van der Waals surface area contributed by atoms with Crippen molar-refractivity contribution < 1.29 is 14.7 Å². The molecule has 1 fully saturated rings. The van der Waals surface area contributed by atoms with E-state index in [2.05, 4.69) is 0 Å². The van der Waals surface area contributed by atoms with Crippen molar-refractivity contribution in [3.8, 4) is 0 Å². The van der Waals surface area contributed by atoms with Crippen molar-refractivity contribution in [2.45, 2.75) is 30.9 Å². The molecule has 0 saturated heterocycles. The summed E-state index contributed by atoms with van der Waals surface area (Å²) < 4.78 is 0. The van der Waals surface area contributed by atoms with E-state index in [9.17, 15) is 14.7 Å². The molecule has 2 aliphatic rings. The molecule has 1 saturated carbocycles. The summed E-state index contributed by atoms with van der Waals surface area (Å²) in [4.78, 5) is 26.5. The molecular weight excluding hydrogens is 290 g/mol. The van der Waals surface area contributed by atoms with Crippen LogP contribution in [0.1, 0.15) is 45.5 Å². The highest BCUT2D eigenvalue weighted by molar-refractivity contribution is 6.21. The molecule has 23 heavy (non-hydrogen) atoms. The van der Waals surface area contributed by atoms with Gasteiger partial charge < -0.3 is 5.11 Å². The second-order valence-corrected chi connectivity index (χ2v) is 6.32. The monoisotopic (exact) mass is 307 g/mol. The maximum atomic E-state index is 12.6. The average Bonchev–Trinajstić information content (AvgIpc) is 3.09. The molecular formula is C19H17NO3. The van der Waals surface area contributed by atoms with Crippen LogP contribution in [0.3, 0.4) is 0 Å². The molecule has 2 atom stereocenters. The number of hydrogen-bond acceptors (Lipinski definition) is 3. The van der Waals surface area contributed by atoms with E-state index in [4.69, 9.17) is 0 Å². The largest absolute Gasteiger partial charge is 0.385 e. The molecule has 0 spiro atoms. The second-order valence-electron chi connectivity index (χ2n) is 6.32. The number of carbonyl (C=O) groups excluding carboxylic acids is 2. The molecule has 2 unspecified atom stereocenters. The Hall–Kier alpha value is -2.46. The first-order chi connectivity index (χ1) is 11.1. The highest BCUT2D eigenvalue weighted by atomic mass is 16.3. The van der Waals surface area contributed by atoms with Crippen LogP contribution in [0, 0.1) is 0 Å². The molecule has 2 aromatic rings. The lowest BCUT2D eigenvalue weighted by molar-refractivity contribution is 0.0328. The molecule has 4 nitrogen and oxygen atoms in total. The van der Waals surface area contributed by atoms with Crippen LogP contribution in [0.25, 0.3) is 0 Å². The third-order valence-corrected chi connectivity index (χ3v) is 4.97. The van der Waals surface area contributed by atoms with Crippen LogP contribution in [0.15, 0.2) is 54.6 Å². The Morgan fingerprint density at radius 2 is 1.48 bits per heavy atom. The lowest BCUT2D eigenvalue weighted by Gasteiger charge is -2.26. The van der Waals surface area contributed by atoms with Crippen molar-refractivity contribution in [3.63, 3.8) is 0 Å². The van der Waals surface area contributed by atoms with Gasteiger partial charge in [-0.05, 0) is 30.5 Å². The fraction of sp³-hybridized carbons (Fsp3) is 0.263. The van der Waals surface area contributed by atoms with Gasteiger partial charge in [-0.3, -0.25) is 14.5 Å². The van der Waals surface area contributed by atoms with Crippen molar-refractivity contribution in [2.75, 3.05) is 0 Å². The van der Waals surface area contributed by atoms with E-state index in [1.54, 1.807) is 24.3 Å². The van der Waals surface area contributed by atoms with Crippen LogP contribution >= 0.6 is 0 Å². The number of aliphatic hydroxyl groups is 1. The summed E-state index contributed by atoms with van der Waals surface area (Å²) in [6, 6.07) is 16.1. The van der Waals surface area contributed by atoms with Gasteiger partial charge in [0.1, 0.15) is 0 Å². The molecule has 1 N–H and O–H groups in total. The number of benzene rings is 2. The van der Waals surface area contributed by atoms with Crippen molar-refractivity contribution in [1.82, 2.24) is 4.90 Å². The molecule has 0 radical (unpaired) electrons. The Kier molecular flexibility index (Phi) is 3.10. The number of nitrogens with zero attached hydrogens (tertiary/aromatic N) is 1. The van der Waals surface area contributed by atoms with E-state index < -0.39 is 5.60 Å². The average molecular weight is 307 g/mol. The zero-order valence-electron chi connectivity index (χ0n) is 12.6. The molecule has 4 heteroatoms. The minimum atomic E-state index is -0.971. The van der Waals surface area contributed by atoms with Gasteiger partial charge in [-0.25, -0.2) is 0 Å². The van der Waals surface area contributed by atoms with Gasteiger partial charge in [0, 0.05) is 12.5 Å². The second kappa shape index (κ2) is 5.03. The number of rotatable bonds is 2. The predicted molar refractivity (Wildman–Crippen MR) is 84.9 cm³/mol. The number of carbonyl (C=O) groups is 2. The van der Waals surface area contributed by atoms with Gasteiger partial charge in [0.2, 0.25) is 0 Å². The van der Waals surface area contributed by atoms with Crippen molar-refractivity contribution in [2.24, 2.45) is 0 Å². The SMILES string of the molecule is O=C1c2ccccc2C(=O)N1C1CCC(O)(c2ccccc2)C1. The fourth-order valence-electron chi connectivity index (χ4n) is 3.77. The van der Waals surface area contributed by atoms with Crippen LogP contribution in [0.4, 0.5) is 0 Å². The van der Waals surface area contributed by atoms with Crippen LogP contribution < -0.4 is 0 Å². The molecule has 1 heterocycles. The summed E-state index contributed by atoms with van der Waals surface area (Å²) in [6.45, 7) is 0. The first-order valence-electron chi connectivity index (χ1n) is 7.85.